The Bertz CT molecular complexity index is 971. The maximum atomic E-state index is 11.9. The summed E-state index contributed by atoms with van der Waals surface area (Å²) in [6.07, 6.45) is 1.32. The van der Waals surface area contributed by atoms with Crippen LogP contribution < -0.4 is 5.43 Å². The van der Waals surface area contributed by atoms with Gasteiger partial charge in [-0.15, -0.1) is 11.3 Å². The average Bonchev–Trinajstić information content (AvgIpc) is 3.16. The van der Waals surface area contributed by atoms with E-state index < -0.39 is 5.97 Å². The molecular formula is C19H15N3O3S2. The van der Waals surface area contributed by atoms with Gasteiger partial charge in [-0.05, 0) is 6.07 Å². The first kappa shape index (κ1) is 18.8. The molecule has 0 saturated heterocycles. The van der Waals surface area contributed by atoms with Crippen molar-refractivity contribution in [2.24, 2.45) is 5.10 Å². The monoisotopic (exact) mass is 397 g/mol. The summed E-state index contributed by atoms with van der Waals surface area (Å²) in [5.41, 5.74) is 4.86. The third kappa shape index (κ3) is 5.25. The molecule has 0 saturated carbocycles. The Hall–Kier alpha value is -2.97. The predicted molar refractivity (Wildman–Crippen MR) is 107 cm³/mol. The first-order valence-electron chi connectivity index (χ1n) is 7.91. The number of thiazole rings is 1. The molecule has 0 aliphatic carbocycles. The molecule has 0 bridgehead atoms. The van der Waals surface area contributed by atoms with Gasteiger partial charge in [0.1, 0.15) is 0 Å². The highest BCUT2D eigenvalue weighted by Crippen LogP contribution is 2.27. The topological polar surface area (TPSA) is 91.7 Å². The molecule has 136 valence electrons. The van der Waals surface area contributed by atoms with Crippen LogP contribution in [0.5, 0.6) is 0 Å². The third-order valence-electron chi connectivity index (χ3n) is 3.46. The number of rotatable bonds is 7. The van der Waals surface area contributed by atoms with Crippen LogP contribution >= 0.6 is 23.1 Å². The van der Waals surface area contributed by atoms with E-state index in [0.717, 1.165) is 15.6 Å². The second kappa shape index (κ2) is 9.11. The fraction of sp³-hybridized carbons (Fsp3) is 0.0526. The van der Waals surface area contributed by atoms with Crippen molar-refractivity contribution in [3.8, 4) is 11.3 Å². The van der Waals surface area contributed by atoms with E-state index in [4.69, 9.17) is 5.11 Å². The number of nitrogens with zero attached hydrogens (tertiary/aromatic N) is 2. The summed E-state index contributed by atoms with van der Waals surface area (Å²) >= 11 is 2.81. The van der Waals surface area contributed by atoms with Crippen LogP contribution in [0.25, 0.3) is 11.3 Å². The lowest BCUT2D eigenvalue weighted by atomic mass is 10.1. The van der Waals surface area contributed by atoms with Gasteiger partial charge in [-0.1, -0.05) is 60.3 Å². The molecule has 1 aromatic heterocycles. The molecule has 0 spiro atoms. The molecule has 0 aliphatic heterocycles. The maximum absolute atomic E-state index is 11.9. The van der Waals surface area contributed by atoms with Crippen LogP contribution in [0.2, 0.25) is 0 Å². The molecule has 3 rings (SSSR count). The SMILES string of the molecule is O=C(CSc1nc(-c2ccccc2)cs1)N/N=C/c1ccccc1C(=O)O. The maximum Gasteiger partial charge on any atom is 0.336 e. The van der Waals surface area contributed by atoms with Gasteiger partial charge < -0.3 is 5.11 Å². The number of hydrazone groups is 1. The summed E-state index contributed by atoms with van der Waals surface area (Å²) in [6.45, 7) is 0. The largest absolute Gasteiger partial charge is 0.478 e. The van der Waals surface area contributed by atoms with Crippen molar-refractivity contribution in [2.45, 2.75) is 4.34 Å². The van der Waals surface area contributed by atoms with Crippen molar-refractivity contribution in [3.05, 3.63) is 71.1 Å². The number of carboxylic acid groups (broad SMARTS) is 1. The zero-order chi connectivity index (χ0) is 19.1. The molecule has 27 heavy (non-hydrogen) atoms. The van der Waals surface area contributed by atoms with Crippen molar-refractivity contribution >= 4 is 41.2 Å². The van der Waals surface area contributed by atoms with E-state index in [0.29, 0.717) is 5.56 Å². The Morgan fingerprint density at radius 3 is 2.67 bits per heavy atom. The number of hydrogen-bond donors (Lipinski definition) is 2. The summed E-state index contributed by atoms with van der Waals surface area (Å²) in [5.74, 6) is -1.17. The van der Waals surface area contributed by atoms with Gasteiger partial charge in [0.05, 0.1) is 23.2 Å². The molecule has 0 atom stereocenters. The molecule has 0 radical (unpaired) electrons. The molecule has 0 unspecified atom stereocenters. The zero-order valence-corrected chi connectivity index (χ0v) is 15.7. The van der Waals surface area contributed by atoms with Crippen molar-refractivity contribution < 1.29 is 14.7 Å². The van der Waals surface area contributed by atoms with Crippen LogP contribution in [-0.2, 0) is 4.79 Å². The standard InChI is InChI=1S/C19H15N3O3S2/c23-17(22-20-10-14-8-4-5-9-15(14)18(24)25)12-27-19-21-16(11-26-19)13-6-2-1-3-7-13/h1-11H,12H2,(H,22,23)(H,24,25)/b20-10+. The van der Waals surface area contributed by atoms with Crippen LogP contribution in [0.4, 0.5) is 0 Å². The second-order valence-electron chi connectivity index (χ2n) is 5.34. The van der Waals surface area contributed by atoms with E-state index in [2.05, 4.69) is 15.5 Å². The number of amides is 1. The number of carbonyl (C=O) groups is 2. The third-order valence-corrected chi connectivity index (χ3v) is 5.48. The minimum absolute atomic E-state index is 0.126. The number of benzene rings is 2. The Balaban J connectivity index is 1.52. The molecular weight excluding hydrogens is 382 g/mol. The Morgan fingerprint density at radius 2 is 1.89 bits per heavy atom. The number of hydrogen-bond acceptors (Lipinski definition) is 6. The van der Waals surface area contributed by atoms with Crippen LogP contribution in [0.3, 0.4) is 0 Å². The number of aromatic carboxylic acids is 1. The number of thioether (sulfide) groups is 1. The highest BCUT2D eigenvalue weighted by atomic mass is 32.2. The van der Waals surface area contributed by atoms with E-state index in [1.807, 2.05) is 35.7 Å². The fourth-order valence-electron chi connectivity index (χ4n) is 2.20. The van der Waals surface area contributed by atoms with E-state index in [1.165, 1.54) is 35.4 Å². The Labute approximate surface area is 164 Å². The van der Waals surface area contributed by atoms with Crippen molar-refractivity contribution in [1.82, 2.24) is 10.4 Å². The molecule has 6 nitrogen and oxygen atoms in total. The van der Waals surface area contributed by atoms with Gasteiger partial charge in [-0.25, -0.2) is 15.2 Å². The van der Waals surface area contributed by atoms with Gasteiger partial charge in [0.2, 0.25) is 0 Å². The fourth-order valence-corrected chi connectivity index (χ4v) is 3.83. The second-order valence-corrected chi connectivity index (χ2v) is 7.42. The highest BCUT2D eigenvalue weighted by Gasteiger charge is 2.09. The van der Waals surface area contributed by atoms with E-state index in [1.54, 1.807) is 18.2 Å². The Morgan fingerprint density at radius 1 is 1.15 bits per heavy atom. The number of nitrogens with one attached hydrogen (secondary N) is 1. The normalized spacial score (nSPS) is 10.8. The molecule has 0 aliphatic rings. The smallest absolute Gasteiger partial charge is 0.336 e. The quantitative estimate of drug-likeness (QED) is 0.360. The highest BCUT2D eigenvalue weighted by molar-refractivity contribution is 8.01. The van der Waals surface area contributed by atoms with Crippen LogP contribution in [-0.4, -0.2) is 33.9 Å². The van der Waals surface area contributed by atoms with Crippen molar-refractivity contribution in [2.75, 3.05) is 5.75 Å². The number of carbonyl (C=O) groups excluding carboxylic acids is 1. The van der Waals surface area contributed by atoms with E-state index in [9.17, 15) is 9.59 Å². The molecule has 3 aromatic rings. The minimum atomic E-state index is -1.04. The summed E-state index contributed by atoms with van der Waals surface area (Å²) in [6, 6.07) is 16.3. The van der Waals surface area contributed by atoms with Gasteiger partial charge in [0, 0.05) is 16.5 Å². The van der Waals surface area contributed by atoms with Crippen molar-refractivity contribution in [3.63, 3.8) is 0 Å². The molecule has 2 N–H and O–H groups in total. The summed E-state index contributed by atoms with van der Waals surface area (Å²) in [5, 5.41) is 14.9. The van der Waals surface area contributed by atoms with E-state index >= 15 is 0 Å². The molecule has 8 heteroatoms. The molecule has 1 heterocycles. The summed E-state index contributed by atoms with van der Waals surface area (Å²) in [7, 11) is 0. The summed E-state index contributed by atoms with van der Waals surface area (Å²) < 4.78 is 0.796. The minimum Gasteiger partial charge on any atom is -0.478 e. The molecule has 1 amide bonds. The number of carboxylic acids is 1. The number of aromatic nitrogens is 1. The zero-order valence-electron chi connectivity index (χ0n) is 14.0. The van der Waals surface area contributed by atoms with Crippen molar-refractivity contribution in [1.29, 1.82) is 0 Å². The van der Waals surface area contributed by atoms with Gasteiger partial charge in [-0.2, -0.15) is 5.10 Å². The lowest BCUT2D eigenvalue weighted by Crippen LogP contribution is -2.19. The van der Waals surface area contributed by atoms with Crippen LogP contribution in [0.1, 0.15) is 15.9 Å². The lowest BCUT2D eigenvalue weighted by molar-refractivity contribution is -0.118. The molecule has 2 aromatic carbocycles. The summed E-state index contributed by atoms with van der Waals surface area (Å²) in [4.78, 5) is 27.6. The first-order valence-corrected chi connectivity index (χ1v) is 9.78. The lowest BCUT2D eigenvalue weighted by Gasteiger charge is -2.00. The van der Waals surface area contributed by atoms with Crippen LogP contribution in [0, 0.1) is 0 Å². The first-order chi connectivity index (χ1) is 13.1. The molecule has 0 fully saturated rings. The van der Waals surface area contributed by atoms with Gasteiger partial charge in [-0.3, -0.25) is 4.79 Å². The average molecular weight is 397 g/mol. The van der Waals surface area contributed by atoms with Gasteiger partial charge in [0.25, 0.3) is 5.91 Å². The van der Waals surface area contributed by atoms with Gasteiger partial charge in [0.15, 0.2) is 4.34 Å². The van der Waals surface area contributed by atoms with Crippen LogP contribution in [0.15, 0.2) is 69.4 Å². The predicted octanol–water partition coefficient (Wildman–Crippen LogP) is 3.75. The Kier molecular flexibility index (Phi) is 6.35. The van der Waals surface area contributed by atoms with Gasteiger partial charge >= 0.3 is 5.97 Å². The van der Waals surface area contributed by atoms with E-state index in [-0.39, 0.29) is 17.2 Å².